The average Bonchev–Trinajstić information content (AvgIpc) is 3.04. The smallest absolute Gasteiger partial charge is 0.416 e. The number of nitrogens with one attached hydrogen (secondary N) is 1. The summed E-state index contributed by atoms with van der Waals surface area (Å²) in [4.78, 5) is 33.3. The van der Waals surface area contributed by atoms with Crippen LogP contribution < -0.4 is 5.32 Å². The molecule has 1 N–H and O–H groups in total. The molecule has 2 aromatic heterocycles. The normalized spacial score (nSPS) is 11.4. The van der Waals surface area contributed by atoms with Gasteiger partial charge in [0.15, 0.2) is 0 Å². The van der Waals surface area contributed by atoms with Crippen molar-refractivity contribution in [2.45, 2.75) is 26.4 Å². The molecule has 2 heterocycles. The number of methoxy groups -OCH3 is 1. The molecule has 164 valence electrons. The topological polar surface area (TPSA) is 90.4 Å². The highest BCUT2D eigenvalue weighted by Gasteiger charge is 2.30. The molecule has 11 heteroatoms. The Labute approximate surface area is 179 Å². The average molecular weight is 453 g/mol. The van der Waals surface area contributed by atoms with Crippen molar-refractivity contribution in [1.82, 2.24) is 9.97 Å². The molecular weight excluding hydrogens is 435 g/mol. The Morgan fingerprint density at radius 3 is 2.61 bits per heavy atom. The molecule has 0 aliphatic rings. The first-order chi connectivity index (χ1) is 14.6. The van der Waals surface area contributed by atoms with Crippen molar-refractivity contribution >= 4 is 45.0 Å². The van der Waals surface area contributed by atoms with E-state index < -0.39 is 23.7 Å². The van der Waals surface area contributed by atoms with Gasteiger partial charge in [0.25, 0.3) is 0 Å². The van der Waals surface area contributed by atoms with E-state index in [9.17, 15) is 22.8 Å². The number of esters is 2. The zero-order valence-corrected chi connectivity index (χ0v) is 17.6. The third-order valence-electron chi connectivity index (χ3n) is 4.28. The summed E-state index contributed by atoms with van der Waals surface area (Å²) in [7, 11) is 1.22. The number of benzene rings is 1. The predicted octanol–water partition coefficient (Wildman–Crippen LogP) is 4.65. The van der Waals surface area contributed by atoms with Gasteiger partial charge in [0.1, 0.15) is 27.8 Å². The van der Waals surface area contributed by atoms with E-state index in [1.807, 2.05) is 0 Å². The monoisotopic (exact) mass is 453 g/mol. The lowest BCUT2D eigenvalue weighted by atomic mass is 10.1. The van der Waals surface area contributed by atoms with E-state index in [0.717, 1.165) is 23.5 Å². The van der Waals surface area contributed by atoms with Gasteiger partial charge in [-0.3, -0.25) is 4.79 Å². The number of halogens is 3. The van der Waals surface area contributed by atoms with Crippen LogP contribution in [0.5, 0.6) is 0 Å². The fourth-order valence-corrected chi connectivity index (χ4v) is 3.95. The van der Waals surface area contributed by atoms with E-state index in [1.165, 1.54) is 19.2 Å². The van der Waals surface area contributed by atoms with E-state index in [4.69, 9.17) is 4.74 Å². The summed E-state index contributed by atoms with van der Waals surface area (Å²) in [6.45, 7) is 3.53. The summed E-state index contributed by atoms with van der Waals surface area (Å²) < 4.78 is 48.9. The zero-order valence-electron chi connectivity index (χ0n) is 16.8. The van der Waals surface area contributed by atoms with Crippen LogP contribution in [-0.4, -0.2) is 35.6 Å². The lowest BCUT2D eigenvalue weighted by molar-refractivity contribution is -0.140. The van der Waals surface area contributed by atoms with Gasteiger partial charge in [-0.15, -0.1) is 11.3 Å². The van der Waals surface area contributed by atoms with Crippen LogP contribution in [0.4, 0.5) is 24.7 Å². The van der Waals surface area contributed by atoms with Gasteiger partial charge in [-0.1, -0.05) is 6.07 Å². The minimum absolute atomic E-state index is 0.102. The van der Waals surface area contributed by atoms with Crippen LogP contribution in [0.25, 0.3) is 10.2 Å². The number of hydrogen-bond donors (Lipinski definition) is 1. The first-order valence-electron chi connectivity index (χ1n) is 9.12. The van der Waals surface area contributed by atoms with Gasteiger partial charge in [0, 0.05) is 5.69 Å². The first kappa shape index (κ1) is 22.5. The number of thiophene rings is 1. The van der Waals surface area contributed by atoms with Crippen LogP contribution in [0.1, 0.15) is 33.5 Å². The molecule has 3 rings (SSSR count). The molecule has 0 aliphatic carbocycles. The standard InChI is InChI=1S/C20H18F3N3O4S/c1-4-30-19(28)16-10(2)15-17(24-12-7-5-6-11(8-12)20(21,22)23)25-13(9-14(27)29-3)26-18(15)31-16/h5-8H,4,9H2,1-3H3,(H,24,25,26). The molecule has 0 amide bonds. The van der Waals surface area contributed by atoms with Crippen molar-refractivity contribution in [3.8, 4) is 0 Å². The van der Waals surface area contributed by atoms with Gasteiger partial charge in [0.05, 0.1) is 24.7 Å². The Kier molecular flexibility index (Phi) is 6.44. The molecule has 0 unspecified atom stereocenters. The minimum Gasteiger partial charge on any atom is -0.469 e. The molecule has 0 radical (unpaired) electrons. The molecule has 0 bridgehead atoms. The van der Waals surface area contributed by atoms with Gasteiger partial charge in [-0.25, -0.2) is 14.8 Å². The minimum atomic E-state index is -4.51. The summed E-state index contributed by atoms with van der Waals surface area (Å²) in [5, 5.41) is 3.32. The van der Waals surface area contributed by atoms with Gasteiger partial charge in [-0.05, 0) is 37.6 Å². The molecule has 1 aromatic carbocycles. The van der Waals surface area contributed by atoms with Crippen molar-refractivity contribution in [3.05, 3.63) is 46.1 Å². The predicted molar refractivity (Wildman–Crippen MR) is 109 cm³/mol. The SMILES string of the molecule is CCOC(=O)c1sc2nc(CC(=O)OC)nc(Nc3cccc(C(F)(F)F)c3)c2c1C. The molecule has 0 atom stereocenters. The highest BCUT2D eigenvalue weighted by atomic mass is 32.1. The van der Waals surface area contributed by atoms with E-state index in [2.05, 4.69) is 20.0 Å². The van der Waals surface area contributed by atoms with Crippen LogP contribution in [-0.2, 0) is 26.9 Å². The first-order valence-corrected chi connectivity index (χ1v) is 9.94. The van der Waals surface area contributed by atoms with Crippen LogP contribution >= 0.6 is 11.3 Å². The third-order valence-corrected chi connectivity index (χ3v) is 5.45. The van der Waals surface area contributed by atoms with E-state index in [-0.39, 0.29) is 30.4 Å². The van der Waals surface area contributed by atoms with Crippen molar-refractivity contribution < 1.29 is 32.2 Å². The van der Waals surface area contributed by atoms with Crippen molar-refractivity contribution in [1.29, 1.82) is 0 Å². The van der Waals surface area contributed by atoms with E-state index in [0.29, 0.717) is 20.7 Å². The largest absolute Gasteiger partial charge is 0.469 e. The number of rotatable bonds is 6. The maximum absolute atomic E-state index is 13.1. The molecule has 0 saturated carbocycles. The number of fused-ring (bicyclic) bond motifs is 1. The third kappa shape index (κ3) is 4.93. The molecule has 31 heavy (non-hydrogen) atoms. The number of aromatic nitrogens is 2. The Morgan fingerprint density at radius 2 is 1.97 bits per heavy atom. The summed E-state index contributed by atoms with van der Waals surface area (Å²) in [5.74, 6) is -0.844. The number of nitrogens with zero attached hydrogens (tertiary/aromatic N) is 2. The number of hydrogen-bond acceptors (Lipinski definition) is 8. The number of anilines is 2. The van der Waals surface area contributed by atoms with E-state index >= 15 is 0 Å². The van der Waals surface area contributed by atoms with Crippen molar-refractivity contribution in [3.63, 3.8) is 0 Å². The second kappa shape index (κ2) is 8.88. The summed E-state index contributed by atoms with van der Waals surface area (Å²) in [6, 6.07) is 4.63. The highest BCUT2D eigenvalue weighted by Crippen LogP contribution is 2.37. The van der Waals surface area contributed by atoms with Gasteiger partial charge in [-0.2, -0.15) is 13.2 Å². The maximum Gasteiger partial charge on any atom is 0.416 e. The Bertz CT molecular complexity index is 1140. The molecule has 0 aliphatic heterocycles. The van der Waals surface area contributed by atoms with Crippen LogP contribution in [0.15, 0.2) is 24.3 Å². The molecular formula is C20H18F3N3O4S. The summed E-state index contributed by atoms with van der Waals surface area (Å²) >= 11 is 1.06. The van der Waals surface area contributed by atoms with Gasteiger partial charge < -0.3 is 14.8 Å². The second-order valence-corrected chi connectivity index (χ2v) is 7.40. The highest BCUT2D eigenvalue weighted by molar-refractivity contribution is 7.20. The van der Waals surface area contributed by atoms with Gasteiger partial charge >= 0.3 is 18.1 Å². The lowest BCUT2D eigenvalue weighted by Gasteiger charge is -2.12. The molecule has 7 nitrogen and oxygen atoms in total. The van der Waals surface area contributed by atoms with E-state index in [1.54, 1.807) is 13.8 Å². The van der Waals surface area contributed by atoms with Crippen molar-refractivity contribution in [2.24, 2.45) is 0 Å². The number of carbonyl (C=O) groups is 2. The number of alkyl halides is 3. The number of aryl methyl sites for hydroxylation is 1. The van der Waals surface area contributed by atoms with Gasteiger partial charge in [0.2, 0.25) is 0 Å². The maximum atomic E-state index is 13.1. The molecule has 0 spiro atoms. The second-order valence-electron chi connectivity index (χ2n) is 6.40. The lowest BCUT2D eigenvalue weighted by Crippen LogP contribution is -2.10. The molecule has 0 saturated heterocycles. The van der Waals surface area contributed by atoms with Crippen molar-refractivity contribution in [2.75, 3.05) is 19.0 Å². The van der Waals surface area contributed by atoms with Crippen LogP contribution in [0.2, 0.25) is 0 Å². The zero-order chi connectivity index (χ0) is 22.8. The summed E-state index contributed by atoms with van der Waals surface area (Å²) in [6.07, 6.45) is -4.75. The quantitative estimate of drug-likeness (QED) is 0.543. The Hall–Kier alpha value is -3.21. The molecule has 3 aromatic rings. The number of ether oxygens (including phenoxy) is 2. The summed E-state index contributed by atoms with van der Waals surface area (Å²) in [5.41, 5.74) is -0.161. The molecule has 0 fully saturated rings. The Balaban J connectivity index is 2.13. The fourth-order valence-electron chi connectivity index (χ4n) is 2.86. The number of carbonyl (C=O) groups excluding carboxylic acids is 2. The Morgan fingerprint density at radius 1 is 1.23 bits per heavy atom. The fraction of sp³-hybridized carbons (Fsp3) is 0.300. The van der Waals surface area contributed by atoms with Crippen LogP contribution in [0.3, 0.4) is 0 Å². The van der Waals surface area contributed by atoms with Crippen LogP contribution in [0, 0.1) is 6.92 Å².